The Labute approximate surface area is 118 Å². The van der Waals surface area contributed by atoms with Crippen molar-refractivity contribution < 1.29 is 4.74 Å². The highest BCUT2D eigenvalue weighted by Crippen LogP contribution is 2.24. The van der Waals surface area contributed by atoms with E-state index in [1.807, 2.05) is 0 Å². The van der Waals surface area contributed by atoms with Crippen LogP contribution in [0.5, 0.6) is 5.75 Å². The van der Waals surface area contributed by atoms with Gasteiger partial charge in [0.1, 0.15) is 12.4 Å². The zero-order chi connectivity index (χ0) is 14.3. The summed E-state index contributed by atoms with van der Waals surface area (Å²) in [6.07, 6.45) is 2.35. The molecule has 0 aliphatic heterocycles. The summed E-state index contributed by atoms with van der Waals surface area (Å²) in [5, 5.41) is 3.49. The topological polar surface area (TPSA) is 21.3 Å². The first-order valence-electron chi connectivity index (χ1n) is 7.55. The zero-order valence-electron chi connectivity index (χ0n) is 13.1. The highest BCUT2D eigenvalue weighted by molar-refractivity contribution is 5.37. The minimum Gasteiger partial charge on any atom is -0.492 e. The normalized spacial score (nSPS) is 12.7. The molecule has 108 valence electrons. The molecule has 19 heavy (non-hydrogen) atoms. The van der Waals surface area contributed by atoms with Gasteiger partial charge >= 0.3 is 0 Å². The Morgan fingerprint density at radius 2 is 1.95 bits per heavy atom. The van der Waals surface area contributed by atoms with Gasteiger partial charge in [0.25, 0.3) is 0 Å². The van der Waals surface area contributed by atoms with E-state index in [1.165, 1.54) is 17.5 Å². The summed E-state index contributed by atoms with van der Waals surface area (Å²) in [5.74, 6) is 1.58. The second-order valence-corrected chi connectivity index (χ2v) is 5.53. The van der Waals surface area contributed by atoms with Crippen LogP contribution in [0.25, 0.3) is 0 Å². The maximum Gasteiger partial charge on any atom is 0.122 e. The fourth-order valence-corrected chi connectivity index (χ4v) is 2.20. The van der Waals surface area contributed by atoms with Crippen LogP contribution in [-0.2, 0) is 0 Å². The third-order valence-electron chi connectivity index (χ3n) is 3.45. The summed E-state index contributed by atoms with van der Waals surface area (Å²) >= 11 is 0. The number of aryl methyl sites for hydroxylation is 1. The summed E-state index contributed by atoms with van der Waals surface area (Å²) in [6.45, 7) is 12.7. The van der Waals surface area contributed by atoms with E-state index in [4.69, 9.17) is 4.74 Å². The Kier molecular flexibility index (Phi) is 6.93. The van der Waals surface area contributed by atoms with Gasteiger partial charge in [-0.05, 0) is 43.0 Å². The van der Waals surface area contributed by atoms with Crippen LogP contribution in [0.3, 0.4) is 0 Å². The maximum absolute atomic E-state index is 6.03. The number of hydrogen-bond donors (Lipinski definition) is 1. The van der Waals surface area contributed by atoms with Crippen LogP contribution < -0.4 is 10.1 Å². The van der Waals surface area contributed by atoms with Gasteiger partial charge in [0, 0.05) is 6.04 Å². The van der Waals surface area contributed by atoms with Gasteiger partial charge in [0.2, 0.25) is 0 Å². The summed E-state index contributed by atoms with van der Waals surface area (Å²) in [6, 6.07) is 7.00. The first kappa shape index (κ1) is 16.0. The molecule has 0 amide bonds. The Hall–Kier alpha value is -1.02. The first-order valence-corrected chi connectivity index (χ1v) is 7.55. The number of rotatable bonds is 8. The van der Waals surface area contributed by atoms with Crippen LogP contribution in [0, 0.1) is 6.92 Å². The number of likely N-dealkylation sites (N-methyl/N-ethyl adjacent to an activating group) is 1. The maximum atomic E-state index is 6.03. The van der Waals surface area contributed by atoms with E-state index in [-0.39, 0.29) is 0 Å². The van der Waals surface area contributed by atoms with Crippen molar-refractivity contribution in [1.29, 1.82) is 0 Å². The quantitative estimate of drug-likeness (QED) is 0.756. The van der Waals surface area contributed by atoms with Gasteiger partial charge in [-0.15, -0.1) is 0 Å². The number of hydrogen-bond acceptors (Lipinski definition) is 2. The van der Waals surface area contributed by atoms with Crippen LogP contribution in [0.1, 0.15) is 57.6 Å². The first-order chi connectivity index (χ1) is 9.08. The van der Waals surface area contributed by atoms with Gasteiger partial charge < -0.3 is 10.1 Å². The van der Waals surface area contributed by atoms with E-state index in [2.05, 4.69) is 58.1 Å². The average Bonchev–Trinajstić information content (AvgIpc) is 2.37. The Morgan fingerprint density at radius 1 is 1.21 bits per heavy atom. The molecule has 0 bridgehead atoms. The minimum absolute atomic E-state index is 0.456. The van der Waals surface area contributed by atoms with Gasteiger partial charge in [0.15, 0.2) is 0 Å². The van der Waals surface area contributed by atoms with Crippen molar-refractivity contribution >= 4 is 0 Å². The summed E-state index contributed by atoms with van der Waals surface area (Å²) in [7, 11) is 0. The van der Waals surface area contributed by atoms with E-state index in [0.29, 0.717) is 12.0 Å². The predicted octanol–water partition coefficient (Wildman–Crippen LogP) is 4.28. The fourth-order valence-electron chi connectivity index (χ4n) is 2.20. The Balaban J connectivity index is 2.67. The summed E-state index contributed by atoms with van der Waals surface area (Å²) < 4.78 is 6.03. The van der Waals surface area contributed by atoms with E-state index < -0.39 is 0 Å². The molecule has 0 spiro atoms. The molecule has 2 heteroatoms. The van der Waals surface area contributed by atoms with Crippen molar-refractivity contribution in [2.75, 3.05) is 13.2 Å². The lowest BCUT2D eigenvalue weighted by Crippen LogP contribution is -2.34. The molecule has 1 aromatic carbocycles. The molecule has 0 fully saturated rings. The highest BCUT2D eigenvalue weighted by atomic mass is 16.5. The lowest BCUT2D eigenvalue weighted by molar-refractivity contribution is 0.256. The molecule has 0 saturated heterocycles. The van der Waals surface area contributed by atoms with Crippen molar-refractivity contribution in [1.82, 2.24) is 5.32 Å². The number of benzene rings is 1. The van der Waals surface area contributed by atoms with Crippen molar-refractivity contribution in [3.8, 4) is 5.75 Å². The smallest absolute Gasteiger partial charge is 0.122 e. The summed E-state index contributed by atoms with van der Waals surface area (Å²) in [4.78, 5) is 0. The van der Waals surface area contributed by atoms with Crippen molar-refractivity contribution in [3.05, 3.63) is 29.3 Å². The van der Waals surface area contributed by atoms with Crippen LogP contribution in [0.2, 0.25) is 0 Å². The molecule has 0 heterocycles. The van der Waals surface area contributed by atoms with Crippen molar-refractivity contribution in [3.63, 3.8) is 0 Å². The zero-order valence-corrected chi connectivity index (χ0v) is 13.1. The van der Waals surface area contributed by atoms with Crippen molar-refractivity contribution in [2.24, 2.45) is 0 Å². The third kappa shape index (κ3) is 5.23. The molecule has 0 saturated carbocycles. The molecule has 0 aliphatic rings. The molecule has 2 nitrogen and oxygen atoms in total. The molecule has 1 N–H and O–H groups in total. The molecule has 0 aliphatic carbocycles. The average molecular weight is 263 g/mol. The van der Waals surface area contributed by atoms with Gasteiger partial charge in [-0.2, -0.15) is 0 Å². The molecule has 0 aromatic heterocycles. The third-order valence-corrected chi connectivity index (χ3v) is 3.45. The van der Waals surface area contributed by atoms with Crippen molar-refractivity contribution in [2.45, 2.75) is 59.4 Å². The number of ether oxygens (including phenoxy) is 1. The highest BCUT2D eigenvalue weighted by Gasteiger charge is 2.09. The Morgan fingerprint density at radius 3 is 2.53 bits per heavy atom. The molecular weight excluding hydrogens is 234 g/mol. The van der Waals surface area contributed by atoms with E-state index in [0.717, 1.165) is 25.3 Å². The molecule has 1 rings (SSSR count). The molecular formula is C17H29NO. The van der Waals surface area contributed by atoms with Gasteiger partial charge in [-0.3, -0.25) is 0 Å². The van der Waals surface area contributed by atoms with Crippen LogP contribution in [-0.4, -0.2) is 19.2 Å². The lowest BCUT2D eigenvalue weighted by Gasteiger charge is -2.19. The minimum atomic E-state index is 0.456. The largest absolute Gasteiger partial charge is 0.492 e. The molecule has 1 aromatic rings. The molecule has 1 atom stereocenters. The molecule has 0 radical (unpaired) electrons. The summed E-state index contributed by atoms with van der Waals surface area (Å²) in [5.41, 5.74) is 2.56. The van der Waals surface area contributed by atoms with E-state index in [9.17, 15) is 0 Å². The van der Waals surface area contributed by atoms with Gasteiger partial charge in [-0.1, -0.05) is 46.2 Å². The fraction of sp³-hybridized carbons (Fsp3) is 0.647. The number of nitrogens with one attached hydrogen (secondary N) is 1. The SMILES string of the molecule is CCCC(COc1cc(C(C)C)ccc1C)NCC. The van der Waals surface area contributed by atoms with Gasteiger partial charge in [0.05, 0.1) is 0 Å². The standard InChI is InChI=1S/C17H29NO/c1-6-8-16(18-7-2)12-19-17-11-15(13(3)4)10-9-14(17)5/h9-11,13,16,18H,6-8,12H2,1-5H3. The van der Waals surface area contributed by atoms with E-state index >= 15 is 0 Å². The monoisotopic (exact) mass is 263 g/mol. The van der Waals surface area contributed by atoms with E-state index in [1.54, 1.807) is 0 Å². The van der Waals surface area contributed by atoms with Gasteiger partial charge in [-0.25, -0.2) is 0 Å². The second kappa shape index (κ2) is 8.21. The molecule has 1 unspecified atom stereocenters. The van der Waals surface area contributed by atoms with Crippen LogP contribution in [0.15, 0.2) is 18.2 Å². The Bertz CT molecular complexity index is 368. The lowest BCUT2D eigenvalue weighted by atomic mass is 10.0. The van der Waals surface area contributed by atoms with Crippen LogP contribution >= 0.6 is 0 Å². The predicted molar refractivity (Wildman–Crippen MR) is 83.1 cm³/mol. The van der Waals surface area contributed by atoms with Crippen LogP contribution in [0.4, 0.5) is 0 Å². The second-order valence-electron chi connectivity index (χ2n) is 5.53.